The molecule has 0 radical (unpaired) electrons. The third-order valence-corrected chi connectivity index (χ3v) is 4.77. The lowest BCUT2D eigenvalue weighted by Gasteiger charge is -2.10. The number of esters is 1. The second-order valence-electron chi connectivity index (χ2n) is 7.23. The van der Waals surface area contributed by atoms with Crippen LogP contribution in [0.2, 0.25) is 0 Å². The highest BCUT2D eigenvalue weighted by atomic mass is 16.6. The molecular formula is C26H25N3O6. The molecule has 3 rings (SSSR count). The number of amides is 2. The maximum absolute atomic E-state index is 12.5. The highest BCUT2D eigenvalue weighted by Gasteiger charge is 2.15. The quantitative estimate of drug-likeness (QED) is 0.169. The van der Waals surface area contributed by atoms with Gasteiger partial charge < -0.3 is 19.5 Å². The highest BCUT2D eigenvalue weighted by Crippen LogP contribution is 2.28. The van der Waals surface area contributed by atoms with E-state index in [1.807, 2.05) is 26.0 Å². The van der Waals surface area contributed by atoms with Crippen molar-refractivity contribution >= 4 is 29.7 Å². The number of methoxy groups -OCH3 is 1. The summed E-state index contributed by atoms with van der Waals surface area (Å²) in [4.78, 5) is 36.5. The first kappa shape index (κ1) is 25.0. The summed E-state index contributed by atoms with van der Waals surface area (Å²) in [5.41, 5.74) is 4.44. The third kappa shape index (κ3) is 6.91. The van der Waals surface area contributed by atoms with Crippen LogP contribution < -0.4 is 25.0 Å². The fourth-order valence-electron chi connectivity index (χ4n) is 2.97. The highest BCUT2D eigenvalue weighted by molar-refractivity contribution is 6.39. The van der Waals surface area contributed by atoms with Gasteiger partial charge in [0, 0.05) is 5.69 Å². The summed E-state index contributed by atoms with van der Waals surface area (Å²) >= 11 is 0. The smallest absolute Gasteiger partial charge is 0.343 e. The molecule has 3 aromatic carbocycles. The number of hydrogen-bond donors (Lipinski definition) is 2. The maximum atomic E-state index is 12.5. The normalized spacial score (nSPS) is 10.5. The molecule has 2 amide bonds. The second-order valence-corrected chi connectivity index (χ2v) is 7.23. The summed E-state index contributed by atoms with van der Waals surface area (Å²) in [6.45, 7) is 4.22. The Morgan fingerprint density at radius 1 is 0.943 bits per heavy atom. The van der Waals surface area contributed by atoms with Gasteiger partial charge in [-0.3, -0.25) is 9.59 Å². The Bertz CT molecular complexity index is 1240. The molecule has 0 aliphatic carbocycles. The molecule has 3 aromatic rings. The van der Waals surface area contributed by atoms with E-state index in [1.54, 1.807) is 54.6 Å². The van der Waals surface area contributed by atoms with E-state index in [2.05, 4.69) is 15.8 Å². The summed E-state index contributed by atoms with van der Waals surface area (Å²) in [7, 11) is 1.43. The van der Waals surface area contributed by atoms with Crippen molar-refractivity contribution in [2.24, 2.45) is 5.10 Å². The van der Waals surface area contributed by atoms with E-state index >= 15 is 0 Å². The van der Waals surface area contributed by atoms with Crippen molar-refractivity contribution in [2.45, 2.75) is 13.8 Å². The molecule has 0 bridgehead atoms. The Balaban J connectivity index is 1.60. The molecule has 0 aromatic heterocycles. The van der Waals surface area contributed by atoms with Gasteiger partial charge in [-0.15, -0.1) is 0 Å². The van der Waals surface area contributed by atoms with Crippen molar-refractivity contribution in [3.63, 3.8) is 0 Å². The molecule has 35 heavy (non-hydrogen) atoms. The number of nitrogens with zero attached hydrogens (tertiary/aromatic N) is 1. The van der Waals surface area contributed by atoms with Crippen LogP contribution in [0.1, 0.15) is 28.4 Å². The molecule has 0 saturated carbocycles. The number of rotatable bonds is 8. The lowest BCUT2D eigenvalue weighted by atomic mass is 10.2. The molecule has 0 atom stereocenters. The van der Waals surface area contributed by atoms with Crippen LogP contribution in [-0.2, 0) is 9.59 Å². The van der Waals surface area contributed by atoms with Crippen LogP contribution in [0.15, 0.2) is 71.8 Å². The molecule has 0 heterocycles. The zero-order valence-electron chi connectivity index (χ0n) is 19.5. The average Bonchev–Trinajstić information content (AvgIpc) is 2.86. The van der Waals surface area contributed by atoms with Crippen LogP contribution in [-0.4, -0.2) is 37.7 Å². The lowest BCUT2D eigenvalue weighted by molar-refractivity contribution is -0.136. The van der Waals surface area contributed by atoms with Gasteiger partial charge in [0.25, 0.3) is 0 Å². The first-order valence-corrected chi connectivity index (χ1v) is 10.7. The molecule has 0 spiro atoms. The van der Waals surface area contributed by atoms with Gasteiger partial charge in [-0.25, -0.2) is 10.2 Å². The van der Waals surface area contributed by atoms with Crippen LogP contribution in [0.25, 0.3) is 0 Å². The van der Waals surface area contributed by atoms with Crippen LogP contribution in [0.3, 0.4) is 0 Å². The summed E-state index contributed by atoms with van der Waals surface area (Å²) in [5.74, 6) is -1.16. The Morgan fingerprint density at radius 2 is 1.69 bits per heavy atom. The van der Waals surface area contributed by atoms with Crippen LogP contribution in [0.4, 0.5) is 5.69 Å². The van der Waals surface area contributed by atoms with Gasteiger partial charge >= 0.3 is 17.8 Å². The van der Waals surface area contributed by atoms with E-state index in [-0.39, 0.29) is 11.5 Å². The van der Waals surface area contributed by atoms with Crippen molar-refractivity contribution in [1.29, 1.82) is 0 Å². The second kappa shape index (κ2) is 12.0. The monoisotopic (exact) mass is 475 g/mol. The standard InChI is InChI=1S/C26H25N3O6/c1-4-34-20-12-10-19(11-13-20)26(32)35-22-14-9-18(15-23(22)33-3)16-27-29-25(31)24(30)28-21-8-6-5-7-17(21)2/h5-16H,4H2,1-3H3,(H,28,30)(H,29,31)/b27-16-. The van der Waals surface area contributed by atoms with Crippen molar-refractivity contribution in [2.75, 3.05) is 19.0 Å². The predicted molar refractivity (Wildman–Crippen MR) is 131 cm³/mol. The number of hydrogen-bond acceptors (Lipinski definition) is 7. The number of hydrazone groups is 1. The molecular weight excluding hydrogens is 450 g/mol. The van der Waals surface area contributed by atoms with Gasteiger partial charge in [-0.05, 0) is 73.5 Å². The molecule has 0 aliphatic heterocycles. The number of anilines is 1. The van der Waals surface area contributed by atoms with E-state index < -0.39 is 17.8 Å². The van der Waals surface area contributed by atoms with Gasteiger partial charge in [0.1, 0.15) is 5.75 Å². The van der Waals surface area contributed by atoms with Gasteiger partial charge in [-0.1, -0.05) is 18.2 Å². The van der Waals surface area contributed by atoms with Gasteiger partial charge in [-0.2, -0.15) is 5.10 Å². The van der Waals surface area contributed by atoms with Crippen LogP contribution in [0.5, 0.6) is 17.2 Å². The number of carbonyl (C=O) groups is 3. The SMILES string of the molecule is CCOc1ccc(C(=O)Oc2ccc(/C=N\NC(=O)C(=O)Nc3ccccc3C)cc2OC)cc1. The van der Waals surface area contributed by atoms with Crippen molar-refractivity contribution < 1.29 is 28.6 Å². The van der Waals surface area contributed by atoms with Crippen molar-refractivity contribution in [1.82, 2.24) is 5.43 Å². The van der Waals surface area contributed by atoms with E-state index in [0.29, 0.717) is 29.2 Å². The third-order valence-electron chi connectivity index (χ3n) is 4.77. The lowest BCUT2D eigenvalue weighted by Crippen LogP contribution is -2.32. The molecule has 9 nitrogen and oxygen atoms in total. The zero-order valence-corrected chi connectivity index (χ0v) is 19.5. The molecule has 9 heteroatoms. The van der Waals surface area contributed by atoms with E-state index in [4.69, 9.17) is 14.2 Å². The average molecular weight is 476 g/mol. The number of benzene rings is 3. The van der Waals surface area contributed by atoms with Crippen LogP contribution >= 0.6 is 0 Å². The van der Waals surface area contributed by atoms with E-state index in [0.717, 1.165) is 5.56 Å². The van der Waals surface area contributed by atoms with E-state index in [9.17, 15) is 14.4 Å². The van der Waals surface area contributed by atoms with Gasteiger partial charge in [0.05, 0.1) is 25.5 Å². The molecule has 0 fully saturated rings. The number of carbonyl (C=O) groups excluding carboxylic acids is 3. The minimum absolute atomic E-state index is 0.213. The van der Waals surface area contributed by atoms with Gasteiger partial charge in [0.15, 0.2) is 11.5 Å². The zero-order chi connectivity index (χ0) is 25.2. The Morgan fingerprint density at radius 3 is 2.37 bits per heavy atom. The van der Waals surface area contributed by atoms with Crippen molar-refractivity contribution in [3.05, 3.63) is 83.4 Å². The Labute approximate surface area is 202 Å². The van der Waals surface area contributed by atoms with E-state index in [1.165, 1.54) is 13.3 Å². The summed E-state index contributed by atoms with van der Waals surface area (Å²) < 4.78 is 16.1. The number of aryl methyl sites for hydroxylation is 1. The molecule has 0 saturated heterocycles. The van der Waals surface area contributed by atoms with Crippen molar-refractivity contribution in [3.8, 4) is 17.2 Å². The summed E-state index contributed by atoms with van der Waals surface area (Å²) in [6, 6.07) is 18.4. The minimum Gasteiger partial charge on any atom is -0.494 e. The Hall–Kier alpha value is -4.66. The first-order valence-electron chi connectivity index (χ1n) is 10.7. The Kier molecular flexibility index (Phi) is 8.55. The molecule has 0 aliphatic rings. The topological polar surface area (TPSA) is 115 Å². The van der Waals surface area contributed by atoms with Crippen LogP contribution in [0, 0.1) is 6.92 Å². The number of nitrogens with one attached hydrogen (secondary N) is 2. The fraction of sp³-hybridized carbons (Fsp3) is 0.154. The molecule has 2 N–H and O–H groups in total. The largest absolute Gasteiger partial charge is 0.494 e. The number of ether oxygens (including phenoxy) is 3. The molecule has 180 valence electrons. The molecule has 0 unspecified atom stereocenters. The predicted octanol–water partition coefficient (Wildman–Crippen LogP) is 3.71. The summed E-state index contributed by atoms with van der Waals surface area (Å²) in [5, 5.41) is 6.33. The number of para-hydroxylation sites is 1. The summed E-state index contributed by atoms with van der Waals surface area (Å²) in [6.07, 6.45) is 1.33. The first-order chi connectivity index (χ1) is 16.9. The minimum atomic E-state index is -0.919. The maximum Gasteiger partial charge on any atom is 0.343 e. The fourth-order valence-corrected chi connectivity index (χ4v) is 2.97. The van der Waals surface area contributed by atoms with Gasteiger partial charge in [0.2, 0.25) is 0 Å².